The van der Waals surface area contributed by atoms with Gasteiger partial charge in [-0.05, 0) is 62.1 Å². The number of nitrogen functional groups attached to an aromatic ring is 1. The van der Waals surface area contributed by atoms with Gasteiger partial charge in [-0.1, -0.05) is 18.2 Å². The van der Waals surface area contributed by atoms with Crippen molar-refractivity contribution in [3.05, 3.63) is 79.3 Å². The minimum atomic E-state index is -0.474. The van der Waals surface area contributed by atoms with Crippen LogP contribution in [0.25, 0.3) is 22.3 Å². The fourth-order valence-electron chi connectivity index (χ4n) is 4.42. The minimum absolute atomic E-state index is 0.0768. The highest BCUT2D eigenvalue weighted by Gasteiger charge is 2.25. The lowest BCUT2D eigenvalue weighted by molar-refractivity contribution is -0.123. The van der Waals surface area contributed by atoms with Crippen molar-refractivity contribution in [3.63, 3.8) is 0 Å². The second-order valence-corrected chi connectivity index (χ2v) is 8.76. The average molecular weight is 511 g/mol. The molecular formula is C27H26N8O3. The molecule has 11 heteroatoms. The van der Waals surface area contributed by atoms with Crippen LogP contribution in [-0.4, -0.2) is 36.5 Å². The molecular weight excluding hydrogens is 484 g/mol. The van der Waals surface area contributed by atoms with Crippen LogP contribution in [0.1, 0.15) is 31.7 Å². The summed E-state index contributed by atoms with van der Waals surface area (Å²) in [6, 6.07) is 13.1. The number of pyridine rings is 1. The quantitative estimate of drug-likeness (QED) is 0.263. The number of carbonyl (C=O) groups is 2. The third-order valence-corrected chi connectivity index (χ3v) is 6.28. The first-order chi connectivity index (χ1) is 18.5. The number of nitrogens with two attached hydrogens (primary N) is 1. The molecule has 0 radical (unpaired) electrons. The van der Waals surface area contributed by atoms with E-state index in [0.717, 1.165) is 30.1 Å². The maximum Gasteiger partial charge on any atom is 0.262 e. The normalized spacial score (nSPS) is 15.1. The Labute approximate surface area is 218 Å². The minimum Gasteiger partial charge on any atom is -0.439 e. The van der Waals surface area contributed by atoms with Gasteiger partial charge in [0.2, 0.25) is 5.88 Å². The predicted octanol–water partition coefficient (Wildman–Crippen LogP) is 3.64. The van der Waals surface area contributed by atoms with Gasteiger partial charge in [-0.15, -0.1) is 0 Å². The number of allylic oxidation sites excluding steroid dienone is 1. The molecule has 0 atom stereocenters. The number of hydrazine groups is 1. The number of ether oxygens (including phenoxy) is 1. The van der Waals surface area contributed by atoms with E-state index in [1.54, 1.807) is 12.3 Å². The van der Waals surface area contributed by atoms with Crippen LogP contribution in [0.3, 0.4) is 0 Å². The van der Waals surface area contributed by atoms with Gasteiger partial charge in [0.25, 0.3) is 11.8 Å². The standard InChI is InChI=1S/C27H26N8O3/c1-2-21(36)32-33-22(37)15-17-6-10-19(11-7-17)35-27-24(26(28)30-16-31-27)25(34-35)18-8-12-20(13-9-18)38-23-5-3-4-14-29-23/h2-5,8-9,12-16,19H,1,6-7,10-11H2,(H,32,36)(H,33,37)(H2,28,30,31). The third kappa shape index (κ3) is 5.36. The lowest BCUT2D eigenvalue weighted by Gasteiger charge is -2.24. The van der Waals surface area contributed by atoms with Crippen LogP contribution in [-0.2, 0) is 9.59 Å². The van der Waals surface area contributed by atoms with Crippen LogP contribution in [0.4, 0.5) is 5.82 Å². The summed E-state index contributed by atoms with van der Waals surface area (Å²) in [6.45, 7) is 3.35. The fraction of sp³-hybridized carbons (Fsp3) is 0.185. The van der Waals surface area contributed by atoms with E-state index in [-0.39, 0.29) is 11.9 Å². The van der Waals surface area contributed by atoms with E-state index >= 15 is 0 Å². The lowest BCUT2D eigenvalue weighted by Crippen LogP contribution is -2.40. The Morgan fingerprint density at radius 1 is 1.03 bits per heavy atom. The highest BCUT2D eigenvalue weighted by atomic mass is 16.5. The largest absolute Gasteiger partial charge is 0.439 e. The number of aromatic nitrogens is 5. The topological polar surface area (TPSA) is 150 Å². The zero-order valence-corrected chi connectivity index (χ0v) is 20.5. The predicted molar refractivity (Wildman–Crippen MR) is 142 cm³/mol. The maximum atomic E-state index is 12.1. The van der Waals surface area contributed by atoms with Crippen LogP contribution in [0, 0.1) is 0 Å². The molecule has 1 aromatic carbocycles. The number of hydrogen-bond acceptors (Lipinski definition) is 8. The van der Waals surface area contributed by atoms with Crippen LogP contribution >= 0.6 is 0 Å². The van der Waals surface area contributed by atoms with Crippen molar-refractivity contribution in [1.82, 2.24) is 35.6 Å². The number of nitrogens with one attached hydrogen (secondary N) is 2. The highest BCUT2D eigenvalue weighted by Crippen LogP contribution is 2.37. The summed E-state index contributed by atoms with van der Waals surface area (Å²) in [7, 11) is 0. The molecule has 0 unspecified atom stereocenters. The van der Waals surface area contributed by atoms with Crippen LogP contribution < -0.4 is 21.3 Å². The zero-order chi connectivity index (χ0) is 26.5. The first-order valence-electron chi connectivity index (χ1n) is 12.1. The van der Waals surface area contributed by atoms with Gasteiger partial charge in [-0.2, -0.15) is 5.10 Å². The maximum absolute atomic E-state index is 12.1. The van der Waals surface area contributed by atoms with E-state index in [1.807, 2.05) is 41.1 Å². The van der Waals surface area contributed by atoms with Gasteiger partial charge in [-0.25, -0.2) is 19.6 Å². The summed E-state index contributed by atoms with van der Waals surface area (Å²) in [5.41, 5.74) is 14.1. The highest BCUT2D eigenvalue weighted by molar-refractivity contribution is 5.98. The first-order valence-corrected chi connectivity index (χ1v) is 12.1. The van der Waals surface area contributed by atoms with Crippen molar-refractivity contribution in [2.75, 3.05) is 5.73 Å². The van der Waals surface area contributed by atoms with E-state index in [0.29, 0.717) is 47.0 Å². The Morgan fingerprint density at radius 2 is 1.79 bits per heavy atom. The molecule has 1 aliphatic rings. The number of amides is 2. The number of anilines is 1. The summed E-state index contributed by atoms with van der Waals surface area (Å²) in [5.74, 6) is 0.673. The third-order valence-electron chi connectivity index (χ3n) is 6.28. The Morgan fingerprint density at radius 3 is 2.50 bits per heavy atom. The van der Waals surface area contributed by atoms with Crippen molar-refractivity contribution >= 4 is 28.7 Å². The van der Waals surface area contributed by atoms with Gasteiger partial charge in [0.1, 0.15) is 23.6 Å². The number of fused-ring (bicyclic) bond motifs is 1. The monoisotopic (exact) mass is 510 g/mol. The fourth-order valence-corrected chi connectivity index (χ4v) is 4.42. The molecule has 1 fully saturated rings. The second kappa shape index (κ2) is 10.9. The average Bonchev–Trinajstić information content (AvgIpc) is 3.34. The summed E-state index contributed by atoms with van der Waals surface area (Å²) in [6.07, 6.45) is 8.70. The molecule has 4 aromatic rings. The molecule has 11 nitrogen and oxygen atoms in total. The molecule has 5 rings (SSSR count). The van der Waals surface area contributed by atoms with Crippen molar-refractivity contribution < 1.29 is 14.3 Å². The molecule has 1 saturated carbocycles. The SMILES string of the molecule is C=CC(=O)NNC(=O)C=C1CCC(n2nc(-c3ccc(Oc4ccccn4)cc3)c3c(N)ncnc32)CC1. The van der Waals surface area contributed by atoms with E-state index in [2.05, 4.69) is 32.4 Å². The Balaban J connectivity index is 1.35. The molecule has 3 aromatic heterocycles. The second-order valence-electron chi connectivity index (χ2n) is 8.76. The number of benzene rings is 1. The van der Waals surface area contributed by atoms with Gasteiger partial charge in [0, 0.05) is 23.9 Å². The number of hydrogen-bond donors (Lipinski definition) is 3. The zero-order valence-electron chi connectivity index (χ0n) is 20.5. The van der Waals surface area contributed by atoms with Crippen molar-refractivity contribution in [2.24, 2.45) is 0 Å². The van der Waals surface area contributed by atoms with Gasteiger partial charge in [0.15, 0.2) is 5.65 Å². The van der Waals surface area contributed by atoms with Crippen LogP contribution in [0.2, 0.25) is 0 Å². The Kier molecular flexibility index (Phi) is 7.07. The van der Waals surface area contributed by atoms with Crippen molar-refractivity contribution in [3.8, 4) is 22.9 Å². The summed E-state index contributed by atoms with van der Waals surface area (Å²) < 4.78 is 7.72. The van der Waals surface area contributed by atoms with Crippen molar-refractivity contribution in [1.29, 1.82) is 0 Å². The molecule has 1 aliphatic carbocycles. The van der Waals surface area contributed by atoms with E-state index < -0.39 is 5.91 Å². The van der Waals surface area contributed by atoms with Gasteiger partial charge < -0.3 is 10.5 Å². The molecule has 0 spiro atoms. The van der Waals surface area contributed by atoms with Gasteiger partial charge in [-0.3, -0.25) is 20.4 Å². The Bertz CT molecular complexity index is 1500. The smallest absolute Gasteiger partial charge is 0.262 e. The van der Waals surface area contributed by atoms with Crippen LogP contribution in [0.15, 0.2) is 79.3 Å². The van der Waals surface area contributed by atoms with Gasteiger partial charge in [0.05, 0.1) is 11.4 Å². The first kappa shape index (κ1) is 24.6. The van der Waals surface area contributed by atoms with Crippen molar-refractivity contribution in [2.45, 2.75) is 31.7 Å². The molecule has 0 bridgehead atoms. The molecule has 192 valence electrons. The van der Waals surface area contributed by atoms with E-state index in [4.69, 9.17) is 15.6 Å². The summed E-state index contributed by atoms with van der Waals surface area (Å²) in [5, 5.41) is 5.63. The molecule has 0 saturated heterocycles. The number of rotatable bonds is 6. The van der Waals surface area contributed by atoms with Gasteiger partial charge >= 0.3 is 0 Å². The molecule has 2 amide bonds. The number of nitrogens with zero attached hydrogens (tertiary/aromatic N) is 5. The molecule has 0 aliphatic heterocycles. The Hall–Kier alpha value is -5.06. The van der Waals surface area contributed by atoms with E-state index in [9.17, 15) is 9.59 Å². The van der Waals surface area contributed by atoms with E-state index in [1.165, 1.54) is 12.4 Å². The molecule has 38 heavy (non-hydrogen) atoms. The summed E-state index contributed by atoms with van der Waals surface area (Å²) in [4.78, 5) is 36.2. The lowest BCUT2D eigenvalue weighted by atomic mass is 9.90. The van der Waals surface area contributed by atoms with Crippen LogP contribution in [0.5, 0.6) is 11.6 Å². The number of carbonyl (C=O) groups excluding carboxylic acids is 2. The summed E-state index contributed by atoms with van der Waals surface area (Å²) >= 11 is 0. The molecule has 3 heterocycles. The molecule has 4 N–H and O–H groups in total.